The van der Waals surface area contributed by atoms with Gasteiger partial charge in [-0.1, -0.05) is 20.8 Å². The molecule has 0 saturated carbocycles. The largest absolute Gasteiger partial charge is 0.306 e. The van der Waals surface area contributed by atoms with Gasteiger partial charge >= 0.3 is 0 Å². The third-order valence-corrected chi connectivity index (χ3v) is 4.80. The molecule has 0 bridgehead atoms. The Bertz CT molecular complexity index is 1240. The molecule has 4 aromatic rings. The average Bonchev–Trinajstić information content (AvgIpc) is 3.13. The van der Waals surface area contributed by atoms with Crippen molar-refractivity contribution in [2.75, 3.05) is 5.32 Å². The highest BCUT2D eigenvalue weighted by Crippen LogP contribution is 2.26. The second-order valence-electron chi connectivity index (χ2n) is 8.18. The molecule has 30 heavy (non-hydrogen) atoms. The molecule has 8 nitrogen and oxygen atoms in total. The molecule has 0 spiro atoms. The molecule has 0 aliphatic rings. The Balaban J connectivity index is 1.71. The Morgan fingerprint density at radius 2 is 1.63 bits per heavy atom. The predicted octanol–water partition coefficient (Wildman–Crippen LogP) is 3.77. The number of benzene rings is 1. The van der Waals surface area contributed by atoms with Gasteiger partial charge in [-0.05, 0) is 38.1 Å². The van der Waals surface area contributed by atoms with E-state index in [1.165, 1.54) is 0 Å². The van der Waals surface area contributed by atoms with Crippen LogP contribution in [0.3, 0.4) is 0 Å². The van der Waals surface area contributed by atoms with Crippen molar-refractivity contribution in [1.82, 2.24) is 29.7 Å². The molecule has 4 rings (SSSR count). The summed E-state index contributed by atoms with van der Waals surface area (Å²) in [6, 6.07) is 8.88. The number of rotatable bonds is 3. The van der Waals surface area contributed by atoms with Crippen LogP contribution in [-0.4, -0.2) is 35.6 Å². The Morgan fingerprint density at radius 3 is 2.30 bits per heavy atom. The Hall–Kier alpha value is -3.68. The fourth-order valence-corrected chi connectivity index (χ4v) is 2.95. The van der Waals surface area contributed by atoms with Crippen molar-refractivity contribution in [2.24, 2.45) is 0 Å². The number of anilines is 1. The maximum atomic E-state index is 13.0. The van der Waals surface area contributed by atoms with Gasteiger partial charge in [0.2, 0.25) is 0 Å². The van der Waals surface area contributed by atoms with Crippen molar-refractivity contribution in [2.45, 2.75) is 40.0 Å². The van der Waals surface area contributed by atoms with Crippen LogP contribution < -0.4 is 5.32 Å². The van der Waals surface area contributed by atoms with Gasteiger partial charge in [0.15, 0.2) is 0 Å². The van der Waals surface area contributed by atoms with E-state index in [2.05, 4.69) is 51.1 Å². The lowest BCUT2D eigenvalue weighted by atomic mass is 9.92. The molecule has 3 aromatic heterocycles. The molecule has 1 N–H and O–H groups in total. The number of carbonyl (C=O) groups is 1. The average molecular weight is 401 g/mol. The fraction of sp³-hybridized carbons (Fsp3) is 0.273. The van der Waals surface area contributed by atoms with Crippen molar-refractivity contribution < 1.29 is 4.79 Å². The number of aryl methyl sites for hydroxylation is 2. The number of amides is 1. The van der Waals surface area contributed by atoms with Crippen molar-refractivity contribution in [3.8, 4) is 5.95 Å². The minimum absolute atomic E-state index is 0.201. The lowest BCUT2D eigenvalue weighted by Gasteiger charge is -2.13. The monoisotopic (exact) mass is 401 g/mol. The van der Waals surface area contributed by atoms with E-state index in [4.69, 9.17) is 0 Å². The minimum Gasteiger partial charge on any atom is -0.306 e. The molecule has 0 atom stereocenters. The summed E-state index contributed by atoms with van der Waals surface area (Å²) in [4.78, 5) is 30.6. The van der Waals surface area contributed by atoms with Gasteiger partial charge in [-0.25, -0.2) is 19.9 Å². The van der Waals surface area contributed by atoms with E-state index in [9.17, 15) is 4.79 Å². The number of hydrogen-bond donors (Lipinski definition) is 1. The summed E-state index contributed by atoms with van der Waals surface area (Å²) in [6.07, 6.45) is 3.28. The summed E-state index contributed by atoms with van der Waals surface area (Å²) >= 11 is 0. The lowest BCUT2D eigenvalue weighted by molar-refractivity contribution is 0.102. The summed E-state index contributed by atoms with van der Waals surface area (Å²) in [6.45, 7) is 10.00. The summed E-state index contributed by atoms with van der Waals surface area (Å²) in [5, 5.41) is 7.57. The topological polar surface area (TPSA) is 98.5 Å². The van der Waals surface area contributed by atoms with Crippen LogP contribution in [0.2, 0.25) is 0 Å². The van der Waals surface area contributed by atoms with E-state index in [0.717, 1.165) is 22.6 Å². The number of nitrogens with zero attached hydrogens (tertiary/aromatic N) is 6. The van der Waals surface area contributed by atoms with E-state index in [0.29, 0.717) is 22.8 Å². The van der Waals surface area contributed by atoms with Gasteiger partial charge in [-0.2, -0.15) is 9.78 Å². The second-order valence-corrected chi connectivity index (χ2v) is 8.18. The van der Waals surface area contributed by atoms with Crippen LogP contribution in [0.4, 0.5) is 5.82 Å². The van der Waals surface area contributed by atoms with Gasteiger partial charge < -0.3 is 5.32 Å². The Labute approximate surface area is 174 Å². The number of hydrogen-bond acceptors (Lipinski definition) is 6. The summed E-state index contributed by atoms with van der Waals surface area (Å²) in [7, 11) is 0. The van der Waals surface area contributed by atoms with Gasteiger partial charge in [-0.15, -0.1) is 0 Å². The molecule has 0 fully saturated rings. The molecule has 0 saturated heterocycles. The quantitative estimate of drug-likeness (QED) is 0.561. The molecular formula is C22H23N7O. The summed E-state index contributed by atoms with van der Waals surface area (Å²) < 4.78 is 1.55. The van der Waals surface area contributed by atoms with E-state index in [1.54, 1.807) is 35.3 Å². The third-order valence-electron chi connectivity index (χ3n) is 4.80. The molecule has 8 heteroatoms. The van der Waals surface area contributed by atoms with Gasteiger partial charge in [0.05, 0.1) is 28.1 Å². The first-order chi connectivity index (χ1) is 14.2. The number of carbonyl (C=O) groups excluding carboxylic acids is 1. The Morgan fingerprint density at radius 1 is 0.967 bits per heavy atom. The molecule has 0 radical (unpaired) electrons. The van der Waals surface area contributed by atoms with Crippen molar-refractivity contribution in [1.29, 1.82) is 0 Å². The maximum Gasteiger partial charge on any atom is 0.256 e. The zero-order chi connectivity index (χ0) is 21.5. The highest BCUT2D eigenvalue weighted by Gasteiger charge is 2.22. The van der Waals surface area contributed by atoms with Gasteiger partial charge in [0.1, 0.15) is 5.82 Å². The molecule has 1 amide bonds. The summed E-state index contributed by atoms with van der Waals surface area (Å²) in [5.74, 6) is 0.621. The molecule has 0 aliphatic carbocycles. The molecule has 0 unspecified atom stereocenters. The van der Waals surface area contributed by atoms with Crippen LogP contribution in [0.15, 0.2) is 42.7 Å². The van der Waals surface area contributed by atoms with Gasteiger partial charge in [-0.3, -0.25) is 4.79 Å². The van der Waals surface area contributed by atoms with E-state index >= 15 is 0 Å². The van der Waals surface area contributed by atoms with Gasteiger partial charge in [0.25, 0.3) is 11.9 Å². The van der Waals surface area contributed by atoms with Crippen LogP contribution in [-0.2, 0) is 5.41 Å². The van der Waals surface area contributed by atoms with Crippen LogP contribution in [0.5, 0.6) is 0 Å². The summed E-state index contributed by atoms with van der Waals surface area (Å²) in [5.41, 5.74) is 4.26. The van der Waals surface area contributed by atoms with Crippen LogP contribution >= 0.6 is 0 Å². The second kappa shape index (κ2) is 7.29. The SMILES string of the molecule is Cc1nc2ccc(C(=O)Nc3cc(C(C)(C)C)nn3-c3ncccn3)cc2nc1C. The molecular weight excluding hydrogens is 378 g/mol. The van der Waals surface area contributed by atoms with Crippen LogP contribution in [0.1, 0.15) is 48.2 Å². The minimum atomic E-state index is -0.269. The van der Waals surface area contributed by atoms with Crippen molar-refractivity contribution in [3.05, 3.63) is 65.4 Å². The lowest BCUT2D eigenvalue weighted by Crippen LogP contribution is -2.16. The number of nitrogens with one attached hydrogen (secondary N) is 1. The molecule has 1 aromatic carbocycles. The van der Waals surface area contributed by atoms with E-state index < -0.39 is 0 Å². The van der Waals surface area contributed by atoms with Crippen molar-refractivity contribution in [3.63, 3.8) is 0 Å². The van der Waals surface area contributed by atoms with Crippen LogP contribution in [0, 0.1) is 13.8 Å². The third kappa shape index (κ3) is 3.76. The number of aromatic nitrogens is 6. The highest BCUT2D eigenvalue weighted by molar-refractivity contribution is 6.05. The van der Waals surface area contributed by atoms with Crippen LogP contribution in [0.25, 0.3) is 17.0 Å². The zero-order valence-corrected chi connectivity index (χ0v) is 17.6. The Kier molecular flexibility index (Phi) is 4.77. The normalized spacial score (nSPS) is 11.6. The first-order valence-electron chi connectivity index (χ1n) is 9.67. The molecule has 3 heterocycles. The predicted molar refractivity (Wildman–Crippen MR) is 115 cm³/mol. The zero-order valence-electron chi connectivity index (χ0n) is 17.6. The fourth-order valence-electron chi connectivity index (χ4n) is 2.95. The van der Waals surface area contributed by atoms with Gasteiger partial charge in [0, 0.05) is 29.4 Å². The molecule has 152 valence electrons. The molecule has 0 aliphatic heterocycles. The first kappa shape index (κ1) is 19.6. The van der Waals surface area contributed by atoms with Crippen molar-refractivity contribution >= 4 is 22.8 Å². The van der Waals surface area contributed by atoms with E-state index in [1.807, 2.05) is 26.0 Å². The first-order valence-corrected chi connectivity index (χ1v) is 9.67. The maximum absolute atomic E-state index is 13.0. The smallest absolute Gasteiger partial charge is 0.256 e. The highest BCUT2D eigenvalue weighted by atomic mass is 16.1. The number of fused-ring (bicyclic) bond motifs is 1. The standard InChI is InChI=1S/C22H23N7O/c1-13-14(2)26-17-11-15(7-8-16(17)25-13)20(30)27-19-12-18(22(3,4)5)28-29(19)21-23-9-6-10-24-21/h6-12H,1-5H3,(H,27,30). The van der Waals surface area contributed by atoms with E-state index in [-0.39, 0.29) is 11.3 Å².